The van der Waals surface area contributed by atoms with Crippen molar-refractivity contribution >= 4 is 17.2 Å². The fourth-order valence-electron chi connectivity index (χ4n) is 2.20. The fourth-order valence-corrected chi connectivity index (χ4v) is 2.95. The van der Waals surface area contributed by atoms with Crippen LogP contribution in [-0.2, 0) is 0 Å². The second-order valence-corrected chi connectivity index (χ2v) is 6.28. The number of halogens is 3. The lowest BCUT2D eigenvalue weighted by Crippen LogP contribution is -2.27. The Balaban J connectivity index is 1.65. The minimum Gasteiger partial charge on any atom is -0.406 e. The fraction of sp³-hybridized carbons (Fsp3) is 0.176. The van der Waals surface area contributed by atoms with Crippen molar-refractivity contribution in [3.8, 4) is 16.6 Å². The van der Waals surface area contributed by atoms with Crippen molar-refractivity contribution < 1.29 is 22.7 Å². The van der Waals surface area contributed by atoms with Crippen LogP contribution in [-0.4, -0.2) is 27.2 Å². The molecule has 27 heavy (non-hydrogen) atoms. The van der Waals surface area contributed by atoms with Gasteiger partial charge >= 0.3 is 6.36 Å². The normalized spacial score (nSPS) is 12.4. The van der Waals surface area contributed by atoms with Crippen molar-refractivity contribution in [2.75, 3.05) is 0 Å². The number of carbonyl (C=O) groups is 1. The lowest BCUT2D eigenvalue weighted by molar-refractivity contribution is -0.274. The van der Waals surface area contributed by atoms with Crippen molar-refractivity contribution in [3.05, 3.63) is 59.4 Å². The van der Waals surface area contributed by atoms with E-state index in [1.54, 1.807) is 30.8 Å². The van der Waals surface area contributed by atoms with Crippen LogP contribution >= 0.6 is 11.3 Å². The van der Waals surface area contributed by atoms with Crippen molar-refractivity contribution in [2.24, 2.45) is 0 Å². The van der Waals surface area contributed by atoms with E-state index in [0.717, 1.165) is 0 Å². The molecule has 0 aliphatic rings. The highest BCUT2D eigenvalue weighted by Crippen LogP contribution is 2.25. The molecule has 1 atom stereocenters. The van der Waals surface area contributed by atoms with E-state index in [-0.39, 0.29) is 11.4 Å². The molecule has 3 aromatic rings. The maximum atomic E-state index is 12.3. The zero-order chi connectivity index (χ0) is 19.4. The van der Waals surface area contributed by atoms with E-state index in [2.05, 4.69) is 25.0 Å². The molecule has 0 radical (unpaired) electrons. The molecule has 6 nitrogen and oxygen atoms in total. The highest BCUT2D eigenvalue weighted by molar-refractivity contribution is 7.13. The molecular formula is C17H13F3N4O2S. The molecule has 3 rings (SSSR count). The first-order chi connectivity index (χ1) is 12.8. The molecule has 0 saturated carbocycles. The van der Waals surface area contributed by atoms with E-state index >= 15 is 0 Å². The summed E-state index contributed by atoms with van der Waals surface area (Å²) in [5, 5.41) is 4.85. The molecule has 2 aromatic heterocycles. The molecule has 140 valence electrons. The standard InChI is InChI=1S/C17H13F3N4O2S/c1-10(11-3-5-12(6-4-11)26-17(18,19)20)23-15(25)13-9-27-16(24-13)14-21-7-2-8-22-14/h2-10H,1H3,(H,23,25)/t10-/m0/s1. The van der Waals surface area contributed by atoms with Crippen LogP contribution in [0.1, 0.15) is 29.0 Å². The van der Waals surface area contributed by atoms with Gasteiger partial charge in [-0.25, -0.2) is 15.0 Å². The molecule has 0 fully saturated rings. The summed E-state index contributed by atoms with van der Waals surface area (Å²) in [5.74, 6) is -0.303. The highest BCUT2D eigenvalue weighted by Gasteiger charge is 2.31. The van der Waals surface area contributed by atoms with Crippen LogP contribution in [0.4, 0.5) is 13.2 Å². The van der Waals surface area contributed by atoms with Crippen LogP contribution in [0, 0.1) is 0 Å². The largest absolute Gasteiger partial charge is 0.573 e. The van der Waals surface area contributed by atoms with Crippen molar-refractivity contribution in [1.82, 2.24) is 20.3 Å². The summed E-state index contributed by atoms with van der Waals surface area (Å²) < 4.78 is 40.4. The van der Waals surface area contributed by atoms with Crippen molar-refractivity contribution in [1.29, 1.82) is 0 Å². The molecule has 0 aliphatic carbocycles. The highest BCUT2D eigenvalue weighted by atomic mass is 32.1. The van der Waals surface area contributed by atoms with Gasteiger partial charge in [-0.3, -0.25) is 4.79 Å². The van der Waals surface area contributed by atoms with Gasteiger partial charge in [0.15, 0.2) is 10.8 Å². The predicted octanol–water partition coefficient (Wildman–Crippen LogP) is 3.99. The van der Waals surface area contributed by atoms with Gasteiger partial charge in [0.25, 0.3) is 5.91 Å². The third kappa shape index (κ3) is 5.00. The first kappa shape index (κ1) is 18.8. The Bertz CT molecular complexity index is 914. The van der Waals surface area contributed by atoms with Crippen LogP contribution < -0.4 is 10.1 Å². The van der Waals surface area contributed by atoms with Gasteiger partial charge in [0.05, 0.1) is 6.04 Å². The maximum Gasteiger partial charge on any atom is 0.573 e. The molecule has 2 heterocycles. The first-order valence-corrected chi connectivity index (χ1v) is 8.59. The molecule has 1 N–H and O–H groups in total. The van der Waals surface area contributed by atoms with Gasteiger partial charge in [0.2, 0.25) is 0 Å². The minimum absolute atomic E-state index is 0.214. The van der Waals surface area contributed by atoms with Gasteiger partial charge in [-0.15, -0.1) is 24.5 Å². The number of nitrogens with zero attached hydrogens (tertiary/aromatic N) is 3. The molecule has 0 unspecified atom stereocenters. The second-order valence-electron chi connectivity index (χ2n) is 5.42. The average molecular weight is 394 g/mol. The Kier molecular flexibility index (Phi) is 5.36. The molecule has 0 saturated heterocycles. The van der Waals surface area contributed by atoms with Crippen LogP contribution in [0.5, 0.6) is 5.75 Å². The maximum absolute atomic E-state index is 12.3. The Morgan fingerprint density at radius 2 is 1.85 bits per heavy atom. The summed E-state index contributed by atoms with van der Waals surface area (Å²) in [4.78, 5) is 24.7. The molecule has 0 bridgehead atoms. The number of hydrogen-bond acceptors (Lipinski definition) is 6. The van der Waals surface area contributed by atoms with E-state index < -0.39 is 18.3 Å². The second kappa shape index (κ2) is 7.70. The molecular weight excluding hydrogens is 381 g/mol. The number of nitrogens with one attached hydrogen (secondary N) is 1. The number of benzene rings is 1. The molecule has 1 aromatic carbocycles. The lowest BCUT2D eigenvalue weighted by Gasteiger charge is -2.14. The van der Waals surface area contributed by atoms with Gasteiger partial charge in [0, 0.05) is 17.8 Å². The number of carbonyl (C=O) groups excluding carboxylic acids is 1. The topological polar surface area (TPSA) is 77.0 Å². The number of ether oxygens (including phenoxy) is 1. The Hall–Kier alpha value is -3.01. The first-order valence-electron chi connectivity index (χ1n) is 7.71. The Labute approximate surface area is 156 Å². The van der Waals surface area contributed by atoms with E-state index in [4.69, 9.17) is 0 Å². The van der Waals surface area contributed by atoms with Gasteiger partial charge in [-0.2, -0.15) is 0 Å². The monoisotopic (exact) mass is 394 g/mol. The van der Waals surface area contributed by atoms with Crippen molar-refractivity contribution in [2.45, 2.75) is 19.3 Å². The molecule has 1 amide bonds. The average Bonchev–Trinajstić information content (AvgIpc) is 3.12. The Morgan fingerprint density at radius 1 is 1.19 bits per heavy atom. The number of thiazole rings is 1. The van der Waals surface area contributed by atoms with E-state index in [1.165, 1.54) is 35.6 Å². The zero-order valence-electron chi connectivity index (χ0n) is 13.9. The molecule has 0 aliphatic heterocycles. The summed E-state index contributed by atoms with van der Waals surface area (Å²) >= 11 is 1.24. The van der Waals surface area contributed by atoms with E-state index in [9.17, 15) is 18.0 Å². The predicted molar refractivity (Wildman–Crippen MR) is 92.1 cm³/mol. The zero-order valence-corrected chi connectivity index (χ0v) is 14.7. The summed E-state index contributed by atoms with van der Waals surface area (Å²) in [5.41, 5.74) is 0.839. The third-order valence-electron chi connectivity index (χ3n) is 3.46. The quantitative estimate of drug-likeness (QED) is 0.708. The number of rotatable bonds is 5. The van der Waals surface area contributed by atoms with Crippen LogP contribution in [0.3, 0.4) is 0 Å². The molecule has 0 spiro atoms. The number of alkyl halides is 3. The van der Waals surface area contributed by atoms with Gasteiger partial charge < -0.3 is 10.1 Å². The van der Waals surface area contributed by atoms with Crippen LogP contribution in [0.2, 0.25) is 0 Å². The SMILES string of the molecule is C[C@H](NC(=O)c1csc(-c2ncccn2)n1)c1ccc(OC(F)(F)F)cc1. The number of hydrogen-bond donors (Lipinski definition) is 1. The van der Waals surface area contributed by atoms with Gasteiger partial charge in [-0.05, 0) is 30.7 Å². The van der Waals surface area contributed by atoms with E-state index in [1.807, 2.05) is 0 Å². The summed E-state index contributed by atoms with van der Waals surface area (Å²) in [7, 11) is 0. The van der Waals surface area contributed by atoms with Gasteiger partial charge in [-0.1, -0.05) is 12.1 Å². The smallest absolute Gasteiger partial charge is 0.406 e. The van der Waals surface area contributed by atoms with E-state index in [0.29, 0.717) is 16.4 Å². The molecule has 10 heteroatoms. The Morgan fingerprint density at radius 3 is 2.48 bits per heavy atom. The van der Waals surface area contributed by atoms with Crippen LogP contribution in [0.25, 0.3) is 10.8 Å². The summed E-state index contributed by atoms with van der Waals surface area (Å²) in [6.45, 7) is 1.71. The number of aromatic nitrogens is 3. The minimum atomic E-state index is -4.74. The number of amides is 1. The summed E-state index contributed by atoms with van der Waals surface area (Å²) in [6.07, 6.45) is -1.58. The lowest BCUT2D eigenvalue weighted by atomic mass is 10.1. The van der Waals surface area contributed by atoms with Crippen LogP contribution in [0.15, 0.2) is 48.1 Å². The summed E-state index contributed by atoms with van der Waals surface area (Å²) in [6, 6.07) is 6.54. The third-order valence-corrected chi connectivity index (χ3v) is 4.29. The van der Waals surface area contributed by atoms with Crippen molar-refractivity contribution in [3.63, 3.8) is 0 Å². The van der Waals surface area contributed by atoms with Gasteiger partial charge in [0.1, 0.15) is 11.4 Å².